The van der Waals surface area contributed by atoms with E-state index in [1.165, 1.54) is 48.8 Å². The van der Waals surface area contributed by atoms with Crippen molar-refractivity contribution in [1.29, 1.82) is 0 Å². The van der Waals surface area contributed by atoms with Crippen LogP contribution >= 0.6 is 0 Å². The molecule has 2 fully saturated rings. The second-order valence-electron chi connectivity index (χ2n) is 7.17. The molecule has 114 valence electrons. The van der Waals surface area contributed by atoms with Crippen LogP contribution in [0.2, 0.25) is 0 Å². The van der Waals surface area contributed by atoms with E-state index >= 15 is 0 Å². The normalized spacial score (nSPS) is 22.1. The molecule has 2 aliphatic rings. The summed E-state index contributed by atoms with van der Waals surface area (Å²) in [6, 6.07) is 20.6. The maximum atomic E-state index is 3.84. The third-order valence-electron chi connectivity index (χ3n) is 5.59. The zero-order valence-corrected chi connectivity index (χ0v) is 13.2. The highest BCUT2D eigenvalue weighted by molar-refractivity contribution is 5.29. The predicted octanol–water partition coefficient (Wildman–Crippen LogP) is 4.70. The van der Waals surface area contributed by atoms with Crippen molar-refractivity contribution in [2.24, 2.45) is 5.41 Å². The first-order valence-corrected chi connectivity index (χ1v) is 8.69. The van der Waals surface area contributed by atoms with E-state index in [2.05, 4.69) is 59.9 Å². The van der Waals surface area contributed by atoms with Crippen molar-refractivity contribution < 1.29 is 0 Å². The molecule has 1 atom stereocenters. The van der Waals surface area contributed by atoms with E-state index in [1.807, 2.05) is 0 Å². The van der Waals surface area contributed by atoms with E-state index < -0.39 is 0 Å². The Morgan fingerprint density at radius 2 is 1.64 bits per heavy atom. The zero-order valence-electron chi connectivity index (χ0n) is 13.2. The molecule has 0 saturated heterocycles. The second kappa shape index (κ2) is 5.89. The largest absolute Gasteiger partial charge is 0.309 e. The lowest BCUT2D eigenvalue weighted by atomic mass is 9.99. The van der Waals surface area contributed by atoms with Crippen molar-refractivity contribution in [1.82, 2.24) is 5.32 Å². The Balaban J connectivity index is 1.39. The van der Waals surface area contributed by atoms with Gasteiger partial charge in [0.25, 0.3) is 0 Å². The third kappa shape index (κ3) is 2.96. The van der Waals surface area contributed by atoms with E-state index in [9.17, 15) is 0 Å². The van der Waals surface area contributed by atoms with Crippen LogP contribution in [0.25, 0.3) is 0 Å². The lowest BCUT2D eigenvalue weighted by Gasteiger charge is -2.20. The minimum atomic E-state index is 0.696. The minimum absolute atomic E-state index is 0.696. The molecular formula is C21H25N. The van der Waals surface area contributed by atoms with Crippen molar-refractivity contribution in [3.8, 4) is 0 Å². The highest BCUT2D eigenvalue weighted by Gasteiger charge is 2.51. The molecule has 2 aromatic rings. The fraction of sp³-hybridized carbons (Fsp3) is 0.429. The van der Waals surface area contributed by atoms with Gasteiger partial charge in [-0.2, -0.15) is 0 Å². The fourth-order valence-electron chi connectivity index (χ4n) is 4.14. The SMILES string of the molecule is c1ccc(Cc2cccc(CNC3CCCC34CC4)c2)cc1. The first kappa shape index (κ1) is 14.0. The molecule has 2 aromatic carbocycles. The first-order valence-electron chi connectivity index (χ1n) is 8.69. The Morgan fingerprint density at radius 3 is 2.45 bits per heavy atom. The summed E-state index contributed by atoms with van der Waals surface area (Å²) in [6.45, 7) is 1.02. The van der Waals surface area contributed by atoms with E-state index in [1.54, 1.807) is 0 Å². The number of benzene rings is 2. The van der Waals surface area contributed by atoms with Crippen LogP contribution in [0.1, 0.15) is 48.8 Å². The molecule has 0 heterocycles. The van der Waals surface area contributed by atoms with Gasteiger partial charge in [0.2, 0.25) is 0 Å². The van der Waals surface area contributed by atoms with E-state index in [0.717, 1.165) is 19.0 Å². The fourth-order valence-corrected chi connectivity index (χ4v) is 4.14. The van der Waals surface area contributed by atoms with Gasteiger partial charge in [-0.15, -0.1) is 0 Å². The first-order chi connectivity index (χ1) is 10.8. The molecular weight excluding hydrogens is 266 g/mol. The minimum Gasteiger partial charge on any atom is -0.309 e. The smallest absolute Gasteiger partial charge is 0.0208 e. The molecule has 1 N–H and O–H groups in total. The van der Waals surface area contributed by atoms with Crippen LogP contribution in [0.4, 0.5) is 0 Å². The molecule has 0 amide bonds. The Bertz CT molecular complexity index is 627. The lowest BCUT2D eigenvalue weighted by molar-refractivity contribution is 0.379. The van der Waals surface area contributed by atoms with Crippen LogP contribution in [0.15, 0.2) is 54.6 Å². The average Bonchev–Trinajstić information content (AvgIpc) is 3.21. The van der Waals surface area contributed by atoms with Crippen molar-refractivity contribution in [2.75, 3.05) is 0 Å². The third-order valence-corrected chi connectivity index (χ3v) is 5.59. The van der Waals surface area contributed by atoms with Gasteiger partial charge in [0.05, 0.1) is 0 Å². The van der Waals surface area contributed by atoms with Gasteiger partial charge in [-0.3, -0.25) is 0 Å². The van der Waals surface area contributed by atoms with Crippen molar-refractivity contribution in [2.45, 2.75) is 51.1 Å². The quantitative estimate of drug-likeness (QED) is 0.842. The molecule has 0 radical (unpaired) electrons. The molecule has 1 unspecified atom stereocenters. The van der Waals surface area contributed by atoms with Gasteiger partial charge in [-0.25, -0.2) is 0 Å². The topological polar surface area (TPSA) is 12.0 Å². The number of rotatable bonds is 5. The molecule has 1 heteroatoms. The van der Waals surface area contributed by atoms with Gasteiger partial charge in [-0.05, 0) is 54.2 Å². The van der Waals surface area contributed by atoms with Crippen LogP contribution in [0, 0.1) is 5.41 Å². The van der Waals surface area contributed by atoms with Gasteiger partial charge in [-0.1, -0.05) is 61.0 Å². The van der Waals surface area contributed by atoms with E-state index in [0.29, 0.717) is 5.41 Å². The summed E-state index contributed by atoms with van der Waals surface area (Å²) in [5, 5.41) is 3.84. The monoisotopic (exact) mass is 291 g/mol. The molecule has 2 saturated carbocycles. The molecule has 0 aromatic heterocycles. The van der Waals surface area contributed by atoms with Gasteiger partial charge in [0, 0.05) is 12.6 Å². The molecule has 1 nitrogen and oxygen atoms in total. The predicted molar refractivity (Wildman–Crippen MR) is 91.8 cm³/mol. The van der Waals surface area contributed by atoms with Gasteiger partial charge < -0.3 is 5.32 Å². The van der Waals surface area contributed by atoms with Gasteiger partial charge >= 0.3 is 0 Å². The highest BCUT2D eigenvalue weighted by Crippen LogP contribution is 2.57. The summed E-state index contributed by atoms with van der Waals surface area (Å²) < 4.78 is 0. The van der Waals surface area contributed by atoms with Crippen LogP contribution < -0.4 is 5.32 Å². The second-order valence-corrected chi connectivity index (χ2v) is 7.17. The number of nitrogens with one attached hydrogen (secondary N) is 1. The summed E-state index contributed by atoms with van der Waals surface area (Å²) >= 11 is 0. The van der Waals surface area contributed by atoms with Crippen LogP contribution in [0.3, 0.4) is 0 Å². The van der Waals surface area contributed by atoms with E-state index in [-0.39, 0.29) is 0 Å². The summed E-state index contributed by atoms with van der Waals surface area (Å²) in [5.41, 5.74) is 4.93. The highest BCUT2D eigenvalue weighted by atomic mass is 15.0. The van der Waals surface area contributed by atoms with E-state index in [4.69, 9.17) is 0 Å². The Kier molecular flexibility index (Phi) is 3.75. The summed E-state index contributed by atoms with van der Waals surface area (Å²) in [5.74, 6) is 0. The zero-order chi connectivity index (χ0) is 14.8. The Hall–Kier alpha value is -1.60. The molecule has 1 spiro atoms. The van der Waals surface area contributed by atoms with Gasteiger partial charge in [0.15, 0.2) is 0 Å². The van der Waals surface area contributed by atoms with Crippen LogP contribution in [0.5, 0.6) is 0 Å². The molecule has 4 rings (SSSR count). The van der Waals surface area contributed by atoms with Crippen molar-refractivity contribution in [3.63, 3.8) is 0 Å². The molecule has 0 bridgehead atoms. The lowest BCUT2D eigenvalue weighted by Crippen LogP contribution is -2.32. The van der Waals surface area contributed by atoms with Crippen molar-refractivity contribution >= 4 is 0 Å². The molecule has 2 aliphatic carbocycles. The molecule has 22 heavy (non-hydrogen) atoms. The van der Waals surface area contributed by atoms with Crippen LogP contribution in [-0.4, -0.2) is 6.04 Å². The Labute approximate surface area is 133 Å². The van der Waals surface area contributed by atoms with Gasteiger partial charge in [0.1, 0.15) is 0 Å². The summed E-state index contributed by atoms with van der Waals surface area (Å²) in [7, 11) is 0. The number of hydrogen-bond acceptors (Lipinski definition) is 1. The number of hydrogen-bond donors (Lipinski definition) is 1. The summed E-state index contributed by atoms with van der Waals surface area (Å²) in [6.07, 6.45) is 8.20. The maximum absolute atomic E-state index is 3.84. The summed E-state index contributed by atoms with van der Waals surface area (Å²) in [4.78, 5) is 0. The maximum Gasteiger partial charge on any atom is 0.0208 e. The van der Waals surface area contributed by atoms with Crippen LogP contribution in [-0.2, 0) is 13.0 Å². The Morgan fingerprint density at radius 1 is 0.864 bits per heavy atom. The standard InChI is InChI=1S/C21H25N/c1-2-6-17(7-3-1)14-18-8-4-9-19(15-18)16-22-20-10-5-11-21(20)12-13-21/h1-4,6-9,15,20,22H,5,10-14,16H2. The molecule has 0 aliphatic heterocycles. The average molecular weight is 291 g/mol. The van der Waals surface area contributed by atoms with Crippen molar-refractivity contribution in [3.05, 3.63) is 71.3 Å².